The first-order valence-corrected chi connectivity index (χ1v) is 9.78. The number of aliphatic hydroxyl groups is 1. The van der Waals surface area contributed by atoms with E-state index in [9.17, 15) is 19.5 Å². The van der Waals surface area contributed by atoms with Crippen molar-refractivity contribution in [3.63, 3.8) is 0 Å². The normalized spacial score (nSPS) is 47.1. The van der Waals surface area contributed by atoms with E-state index in [1.54, 1.807) is 12.2 Å². The summed E-state index contributed by atoms with van der Waals surface area (Å²) in [6.07, 6.45) is 9.12. The third kappa shape index (κ3) is 2.02. The molecule has 0 heterocycles. The quantitative estimate of drug-likeness (QED) is 0.825. The summed E-state index contributed by atoms with van der Waals surface area (Å²) in [6, 6.07) is 0. The summed E-state index contributed by atoms with van der Waals surface area (Å²) < 4.78 is 0. The van der Waals surface area contributed by atoms with Crippen molar-refractivity contribution in [3.8, 4) is 0 Å². The van der Waals surface area contributed by atoms with Crippen LogP contribution in [0.5, 0.6) is 0 Å². The SMILES string of the molecule is C[C@]12C=CC(=O)C=C1CC[C@@H]1C2C(=O)C[C@@]2(C)C1CC[C@]2(C)C(=O)CO. The van der Waals surface area contributed by atoms with E-state index in [0.717, 1.165) is 31.3 Å². The van der Waals surface area contributed by atoms with Gasteiger partial charge in [-0.1, -0.05) is 32.4 Å². The number of allylic oxidation sites excluding steroid dienone is 4. The van der Waals surface area contributed by atoms with E-state index in [1.165, 1.54) is 0 Å². The van der Waals surface area contributed by atoms with Crippen molar-refractivity contribution in [1.82, 2.24) is 0 Å². The van der Waals surface area contributed by atoms with Gasteiger partial charge in [-0.15, -0.1) is 0 Å². The molecule has 6 atom stereocenters. The average molecular weight is 356 g/mol. The number of hydrogen-bond acceptors (Lipinski definition) is 4. The summed E-state index contributed by atoms with van der Waals surface area (Å²) >= 11 is 0. The first-order chi connectivity index (χ1) is 12.2. The Morgan fingerprint density at radius 1 is 1.23 bits per heavy atom. The number of rotatable bonds is 2. The standard InChI is InChI=1S/C22H28O4/c1-20-8-6-14(24)10-13(20)4-5-15-16-7-9-21(2,18(26)12-23)22(16,3)11-17(25)19(15)20/h6,8,10,15-16,19,23H,4-5,7,9,11-12H2,1-3H3/t15-,16?,19?,20-,21+,22-/m0/s1. The van der Waals surface area contributed by atoms with E-state index in [1.807, 2.05) is 13.0 Å². The fourth-order valence-electron chi connectivity index (χ4n) is 6.90. The molecule has 0 saturated heterocycles. The van der Waals surface area contributed by atoms with Crippen LogP contribution < -0.4 is 0 Å². The van der Waals surface area contributed by atoms with Crippen molar-refractivity contribution >= 4 is 17.3 Å². The Morgan fingerprint density at radius 2 is 1.96 bits per heavy atom. The average Bonchev–Trinajstić information content (AvgIpc) is 2.86. The van der Waals surface area contributed by atoms with Crippen LogP contribution in [0.25, 0.3) is 0 Å². The maximum Gasteiger partial charge on any atom is 0.178 e. The Morgan fingerprint density at radius 3 is 2.65 bits per heavy atom. The molecular formula is C22H28O4. The van der Waals surface area contributed by atoms with Crippen LogP contribution in [0.1, 0.15) is 52.9 Å². The van der Waals surface area contributed by atoms with Crippen molar-refractivity contribution in [3.05, 3.63) is 23.8 Å². The van der Waals surface area contributed by atoms with Crippen molar-refractivity contribution in [2.75, 3.05) is 6.61 Å². The molecule has 0 spiro atoms. The zero-order chi connectivity index (χ0) is 18.9. The van der Waals surface area contributed by atoms with E-state index in [0.29, 0.717) is 12.3 Å². The molecule has 4 aliphatic carbocycles. The fourth-order valence-corrected chi connectivity index (χ4v) is 6.90. The minimum atomic E-state index is -0.623. The summed E-state index contributed by atoms with van der Waals surface area (Å²) in [5.74, 6) is 0.575. The van der Waals surface area contributed by atoms with Gasteiger partial charge < -0.3 is 5.11 Å². The minimum Gasteiger partial charge on any atom is -0.389 e. The molecule has 140 valence electrons. The van der Waals surface area contributed by atoms with Crippen LogP contribution in [0.2, 0.25) is 0 Å². The Bertz CT molecular complexity index is 762. The molecule has 4 aliphatic rings. The van der Waals surface area contributed by atoms with Crippen LogP contribution in [0, 0.1) is 34.0 Å². The Labute approximate surface area is 154 Å². The topological polar surface area (TPSA) is 71.4 Å². The van der Waals surface area contributed by atoms with E-state index in [4.69, 9.17) is 0 Å². The molecule has 2 unspecified atom stereocenters. The molecule has 4 nitrogen and oxygen atoms in total. The van der Waals surface area contributed by atoms with Gasteiger partial charge >= 0.3 is 0 Å². The third-order valence-electron chi connectivity index (χ3n) is 8.62. The molecule has 0 aliphatic heterocycles. The van der Waals surface area contributed by atoms with E-state index in [-0.39, 0.29) is 40.0 Å². The zero-order valence-corrected chi connectivity index (χ0v) is 15.9. The highest BCUT2D eigenvalue weighted by Gasteiger charge is 2.66. The van der Waals surface area contributed by atoms with Crippen molar-refractivity contribution < 1.29 is 19.5 Å². The molecule has 3 saturated carbocycles. The highest BCUT2D eigenvalue weighted by atomic mass is 16.3. The number of carbonyl (C=O) groups is 3. The molecule has 0 aromatic heterocycles. The van der Waals surface area contributed by atoms with Gasteiger partial charge in [-0.05, 0) is 55.1 Å². The summed E-state index contributed by atoms with van der Waals surface area (Å²) in [5, 5.41) is 9.50. The van der Waals surface area contributed by atoms with Crippen LogP contribution in [-0.2, 0) is 14.4 Å². The molecule has 0 aromatic rings. The number of ketones is 3. The Hall–Kier alpha value is -1.55. The summed E-state index contributed by atoms with van der Waals surface area (Å²) in [5.41, 5.74) is -0.274. The third-order valence-corrected chi connectivity index (χ3v) is 8.62. The number of carbonyl (C=O) groups excluding carboxylic acids is 3. The van der Waals surface area contributed by atoms with Crippen molar-refractivity contribution in [1.29, 1.82) is 0 Å². The lowest BCUT2D eigenvalue weighted by Gasteiger charge is -2.57. The van der Waals surface area contributed by atoms with Gasteiger partial charge in [0.25, 0.3) is 0 Å². The zero-order valence-electron chi connectivity index (χ0n) is 15.9. The highest BCUT2D eigenvalue weighted by molar-refractivity contribution is 6.02. The first kappa shape index (κ1) is 17.8. The second kappa shape index (κ2) is 5.48. The maximum absolute atomic E-state index is 13.4. The summed E-state index contributed by atoms with van der Waals surface area (Å²) in [7, 11) is 0. The number of fused-ring (bicyclic) bond motifs is 5. The monoisotopic (exact) mass is 356 g/mol. The molecule has 0 radical (unpaired) electrons. The fraction of sp³-hybridized carbons (Fsp3) is 0.682. The van der Waals surface area contributed by atoms with Crippen molar-refractivity contribution in [2.45, 2.75) is 52.9 Å². The van der Waals surface area contributed by atoms with Crippen LogP contribution in [0.4, 0.5) is 0 Å². The lowest BCUT2D eigenvalue weighted by molar-refractivity contribution is -0.153. The Balaban J connectivity index is 1.76. The molecule has 4 heteroatoms. The predicted octanol–water partition coefficient (Wildman–Crippen LogP) is 3.04. The van der Waals surface area contributed by atoms with Gasteiger partial charge in [0.05, 0.1) is 0 Å². The van der Waals surface area contributed by atoms with E-state index in [2.05, 4.69) is 13.8 Å². The highest BCUT2D eigenvalue weighted by Crippen LogP contribution is 2.68. The number of hydrogen-bond donors (Lipinski definition) is 1. The van der Waals surface area contributed by atoms with Gasteiger partial charge in [0.15, 0.2) is 11.6 Å². The second-order valence-electron chi connectivity index (χ2n) is 9.49. The molecular weight excluding hydrogens is 328 g/mol. The van der Waals surface area contributed by atoms with Gasteiger partial charge in [0.1, 0.15) is 12.4 Å². The molecule has 1 N–H and O–H groups in total. The van der Waals surface area contributed by atoms with Crippen molar-refractivity contribution in [2.24, 2.45) is 34.0 Å². The van der Waals surface area contributed by atoms with E-state index >= 15 is 0 Å². The lowest BCUT2D eigenvalue weighted by Crippen LogP contribution is -2.57. The number of Topliss-reactive ketones (excluding diaryl/α,β-unsaturated/α-hetero) is 2. The molecule has 4 rings (SSSR count). The summed E-state index contributed by atoms with van der Waals surface area (Å²) in [4.78, 5) is 37.8. The van der Waals surface area contributed by atoms with Gasteiger partial charge in [0, 0.05) is 23.2 Å². The lowest BCUT2D eigenvalue weighted by atomic mass is 9.45. The summed E-state index contributed by atoms with van der Waals surface area (Å²) in [6.45, 7) is 5.71. The van der Waals surface area contributed by atoms with Crippen LogP contribution in [0.15, 0.2) is 23.8 Å². The molecule has 3 fully saturated rings. The van der Waals surface area contributed by atoms with Gasteiger partial charge in [0.2, 0.25) is 0 Å². The van der Waals surface area contributed by atoms with Gasteiger partial charge in [-0.2, -0.15) is 0 Å². The van der Waals surface area contributed by atoms with Crippen LogP contribution >= 0.6 is 0 Å². The first-order valence-electron chi connectivity index (χ1n) is 9.78. The predicted molar refractivity (Wildman–Crippen MR) is 97.2 cm³/mol. The smallest absolute Gasteiger partial charge is 0.178 e. The maximum atomic E-state index is 13.4. The second-order valence-corrected chi connectivity index (χ2v) is 9.49. The van der Waals surface area contributed by atoms with Gasteiger partial charge in [-0.25, -0.2) is 0 Å². The van der Waals surface area contributed by atoms with Gasteiger partial charge in [-0.3, -0.25) is 14.4 Å². The molecule has 26 heavy (non-hydrogen) atoms. The van der Waals surface area contributed by atoms with E-state index < -0.39 is 12.0 Å². The number of aliphatic hydroxyl groups excluding tert-OH is 1. The molecule has 0 amide bonds. The Kier molecular flexibility index (Phi) is 3.76. The van der Waals surface area contributed by atoms with Crippen LogP contribution in [-0.4, -0.2) is 29.1 Å². The molecule has 0 aromatic carbocycles. The van der Waals surface area contributed by atoms with Crippen LogP contribution in [0.3, 0.4) is 0 Å². The minimum absolute atomic E-state index is 0.0194. The molecule has 0 bridgehead atoms. The largest absolute Gasteiger partial charge is 0.389 e.